The van der Waals surface area contributed by atoms with E-state index in [1.165, 1.54) is 25.0 Å². The summed E-state index contributed by atoms with van der Waals surface area (Å²) in [5, 5.41) is 2.05. The van der Waals surface area contributed by atoms with Crippen LogP contribution in [0.4, 0.5) is 5.82 Å². The average molecular weight is 414 g/mol. The summed E-state index contributed by atoms with van der Waals surface area (Å²) in [6.45, 7) is 8.75. The van der Waals surface area contributed by atoms with Crippen LogP contribution >= 0.6 is 0 Å². The van der Waals surface area contributed by atoms with E-state index < -0.39 is 0 Å². The van der Waals surface area contributed by atoms with E-state index in [2.05, 4.69) is 25.8 Å². The Morgan fingerprint density at radius 3 is 2.87 bits per heavy atom. The van der Waals surface area contributed by atoms with Gasteiger partial charge in [-0.2, -0.15) is 4.98 Å². The molecule has 30 heavy (non-hydrogen) atoms. The van der Waals surface area contributed by atoms with E-state index in [4.69, 9.17) is 9.57 Å². The lowest BCUT2D eigenvalue weighted by atomic mass is 9.92. The minimum absolute atomic E-state index is 0.367. The monoisotopic (exact) mass is 413 g/mol. The number of hydrogen-bond donors (Lipinski definition) is 0. The SMILES string of the molecule is CCOc1cccc(N2CCN(CCCCON3C=CN=C4CCCCC43)CC2)n1. The molecule has 1 saturated heterocycles. The molecule has 1 aromatic rings. The molecule has 7 nitrogen and oxygen atoms in total. The summed E-state index contributed by atoms with van der Waals surface area (Å²) in [5.74, 6) is 1.74. The van der Waals surface area contributed by atoms with Crippen LogP contribution in [0.2, 0.25) is 0 Å². The largest absolute Gasteiger partial charge is 0.478 e. The second kappa shape index (κ2) is 10.8. The molecular formula is C23H35N5O2. The maximum absolute atomic E-state index is 6.07. The second-order valence-electron chi connectivity index (χ2n) is 8.18. The van der Waals surface area contributed by atoms with Crippen molar-refractivity contribution in [1.29, 1.82) is 0 Å². The molecule has 0 N–H and O–H groups in total. The van der Waals surface area contributed by atoms with E-state index in [1.54, 1.807) is 0 Å². The zero-order chi connectivity index (χ0) is 20.6. The molecule has 0 amide bonds. The van der Waals surface area contributed by atoms with Crippen molar-refractivity contribution < 1.29 is 9.57 Å². The molecule has 0 aromatic carbocycles. The minimum atomic E-state index is 0.367. The third kappa shape index (κ3) is 5.52. The Kier molecular flexibility index (Phi) is 7.59. The van der Waals surface area contributed by atoms with Crippen molar-refractivity contribution >= 4 is 11.5 Å². The van der Waals surface area contributed by atoms with Gasteiger partial charge in [0.25, 0.3) is 0 Å². The fraction of sp³-hybridized carbons (Fsp3) is 0.652. The van der Waals surface area contributed by atoms with E-state index in [1.807, 2.05) is 36.5 Å². The number of anilines is 1. The molecule has 0 bridgehead atoms. The van der Waals surface area contributed by atoms with Gasteiger partial charge in [-0.3, -0.25) is 19.8 Å². The highest BCUT2D eigenvalue weighted by Gasteiger charge is 2.27. The predicted molar refractivity (Wildman–Crippen MR) is 120 cm³/mol. The van der Waals surface area contributed by atoms with E-state index in [0.717, 1.165) is 64.4 Å². The van der Waals surface area contributed by atoms with Gasteiger partial charge in [0.05, 0.1) is 19.3 Å². The van der Waals surface area contributed by atoms with Gasteiger partial charge in [-0.15, -0.1) is 0 Å². The molecule has 2 aliphatic heterocycles. The van der Waals surface area contributed by atoms with Crippen LogP contribution < -0.4 is 9.64 Å². The van der Waals surface area contributed by atoms with Crippen molar-refractivity contribution in [1.82, 2.24) is 14.9 Å². The number of aromatic nitrogens is 1. The van der Waals surface area contributed by atoms with E-state index >= 15 is 0 Å². The third-order valence-corrected chi connectivity index (χ3v) is 6.11. The molecule has 3 aliphatic rings. The Hall–Kier alpha value is -2.12. The van der Waals surface area contributed by atoms with Gasteiger partial charge >= 0.3 is 0 Å². The lowest BCUT2D eigenvalue weighted by Crippen LogP contribution is -2.47. The topological polar surface area (TPSA) is 53.4 Å². The number of aliphatic imine (C=N–C) groups is 1. The standard InChI is InChI=1S/C23H35N5O2/c1-2-29-23-11-7-10-22(25-23)27-17-15-26(16-18-27)13-5-6-19-30-28-14-12-24-20-8-3-4-9-21(20)28/h7,10-12,14,21H,2-6,8-9,13,15-19H2,1H3. The first-order valence-corrected chi connectivity index (χ1v) is 11.5. The first kappa shape index (κ1) is 21.1. The van der Waals surface area contributed by atoms with Gasteiger partial charge in [-0.25, -0.2) is 0 Å². The molecule has 0 spiro atoms. The summed E-state index contributed by atoms with van der Waals surface area (Å²) in [5.41, 5.74) is 1.29. The van der Waals surface area contributed by atoms with E-state index in [9.17, 15) is 0 Å². The number of fused-ring (bicyclic) bond motifs is 1. The Bertz CT molecular complexity index is 730. The number of hydrogen-bond acceptors (Lipinski definition) is 7. The van der Waals surface area contributed by atoms with Crippen LogP contribution in [0.25, 0.3) is 0 Å². The Morgan fingerprint density at radius 1 is 1.10 bits per heavy atom. The summed E-state index contributed by atoms with van der Waals surface area (Å²) in [4.78, 5) is 20.1. The Balaban J connectivity index is 1.12. The molecule has 1 unspecified atom stereocenters. The van der Waals surface area contributed by atoms with Crippen LogP contribution in [0.3, 0.4) is 0 Å². The smallest absolute Gasteiger partial charge is 0.215 e. The van der Waals surface area contributed by atoms with Crippen molar-refractivity contribution in [2.75, 3.05) is 50.8 Å². The quantitative estimate of drug-likeness (QED) is 0.578. The van der Waals surface area contributed by atoms with Gasteiger partial charge in [0.15, 0.2) is 0 Å². The van der Waals surface area contributed by atoms with Crippen LogP contribution in [0, 0.1) is 0 Å². The first-order chi connectivity index (χ1) is 14.8. The molecule has 7 heteroatoms. The second-order valence-corrected chi connectivity index (χ2v) is 8.18. The molecule has 1 aliphatic carbocycles. The number of rotatable bonds is 9. The zero-order valence-electron chi connectivity index (χ0n) is 18.2. The molecule has 1 saturated carbocycles. The number of hydroxylamine groups is 2. The molecule has 2 fully saturated rings. The van der Waals surface area contributed by atoms with Gasteiger partial charge in [-0.05, 0) is 51.6 Å². The van der Waals surface area contributed by atoms with Crippen molar-refractivity contribution in [2.24, 2.45) is 4.99 Å². The molecule has 4 rings (SSSR count). The molecular weight excluding hydrogens is 378 g/mol. The number of ether oxygens (including phenoxy) is 1. The minimum Gasteiger partial charge on any atom is -0.478 e. The van der Waals surface area contributed by atoms with Gasteiger partial charge in [0.2, 0.25) is 5.88 Å². The van der Waals surface area contributed by atoms with Gasteiger partial charge in [-0.1, -0.05) is 12.5 Å². The Morgan fingerprint density at radius 2 is 2.00 bits per heavy atom. The predicted octanol–water partition coefficient (Wildman–Crippen LogP) is 3.48. The molecule has 1 aromatic heterocycles. The van der Waals surface area contributed by atoms with Gasteiger partial charge in [0, 0.05) is 50.4 Å². The highest BCUT2D eigenvalue weighted by Crippen LogP contribution is 2.24. The fourth-order valence-corrected chi connectivity index (χ4v) is 4.45. The van der Waals surface area contributed by atoms with Crippen molar-refractivity contribution in [3.63, 3.8) is 0 Å². The first-order valence-electron chi connectivity index (χ1n) is 11.5. The van der Waals surface area contributed by atoms with Crippen LogP contribution in [-0.4, -0.2) is 72.6 Å². The summed E-state index contributed by atoms with van der Waals surface area (Å²) < 4.78 is 5.53. The molecule has 1 atom stereocenters. The number of piperazine rings is 1. The maximum atomic E-state index is 6.07. The summed E-state index contributed by atoms with van der Waals surface area (Å²) in [6.07, 6.45) is 10.9. The van der Waals surface area contributed by atoms with Gasteiger partial charge in [0.1, 0.15) is 5.82 Å². The fourth-order valence-electron chi connectivity index (χ4n) is 4.45. The van der Waals surface area contributed by atoms with Crippen LogP contribution in [0.15, 0.2) is 35.6 Å². The Labute approximate surface area is 180 Å². The molecule has 0 radical (unpaired) electrons. The summed E-state index contributed by atoms with van der Waals surface area (Å²) in [7, 11) is 0. The van der Waals surface area contributed by atoms with Gasteiger partial charge < -0.3 is 9.64 Å². The maximum Gasteiger partial charge on any atom is 0.215 e. The third-order valence-electron chi connectivity index (χ3n) is 6.11. The average Bonchev–Trinajstić information content (AvgIpc) is 2.80. The van der Waals surface area contributed by atoms with Crippen molar-refractivity contribution in [3.05, 3.63) is 30.6 Å². The normalized spacial score (nSPS) is 22.0. The zero-order valence-corrected chi connectivity index (χ0v) is 18.2. The lowest BCUT2D eigenvalue weighted by molar-refractivity contribution is -0.139. The summed E-state index contributed by atoms with van der Waals surface area (Å²) in [6, 6.07) is 6.39. The molecule has 164 valence electrons. The number of nitrogens with zero attached hydrogens (tertiary/aromatic N) is 5. The van der Waals surface area contributed by atoms with Crippen LogP contribution in [0.1, 0.15) is 45.4 Å². The number of unbranched alkanes of at least 4 members (excludes halogenated alkanes) is 1. The molecule has 3 heterocycles. The lowest BCUT2D eigenvalue weighted by Gasteiger charge is -2.36. The van der Waals surface area contributed by atoms with Crippen LogP contribution in [0.5, 0.6) is 5.88 Å². The van der Waals surface area contributed by atoms with Crippen molar-refractivity contribution in [2.45, 2.75) is 51.5 Å². The highest BCUT2D eigenvalue weighted by molar-refractivity contribution is 5.91. The van der Waals surface area contributed by atoms with E-state index in [0.29, 0.717) is 18.5 Å². The summed E-state index contributed by atoms with van der Waals surface area (Å²) >= 11 is 0. The number of pyridine rings is 1. The van der Waals surface area contributed by atoms with Crippen molar-refractivity contribution in [3.8, 4) is 5.88 Å². The highest BCUT2D eigenvalue weighted by atomic mass is 16.7. The van der Waals surface area contributed by atoms with E-state index in [-0.39, 0.29) is 0 Å². The van der Waals surface area contributed by atoms with Crippen LogP contribution in [-0.2, 0) is 4.84 Å².